The number of fused-ring (bicyclic) bond motifs is 2. The van der Waals surface area contributed by atoms with E-state index in [0.717, 1.165) is 61.5 Å². The average molecular weight is 435 g/mol. The Kier molecular flexibility index (Phi) is 5.46. The summed E-state index contributed by atoms with van der Waals surface area (Å²) in [6, 6.07) is 11.9. The molecule has 0 radical (unpaired) electrons. The number of rotatable bonds is 4. The van der Waals surface area contributed by atoms with Gasteiger partial charge in [-0.05, 0) is 54.7 Å². The molecule has 0 unspecified atom stereocenters. The number of amides is 1. The Morgan fingerprint density at radius 3 is 2.87 bits per heavy atom. The predicted octanol–water partition coefficient (Wildman–Crippen LogP) is 3.81. The molecule has 3 aromatic rings. The van der Waals surface area contributed by atoms with Crippen LogP contribution in [0.3, 0.4) is 0 Å². The number of aryl methyl sites for hydroxylation is 1. The molecular formula is C24H26N4O2S. The second-order valence-corrected chi connectivity index (χ2v) is 9.37. The molecule has 0 bridgehead atoms. The molecule has 2 aliphatic heterocycles. The van der Waals surface area contributed by atoms with Crippen LogP contribution in [-0.2, 0) is 28.0 Å². The minimum Gasteiger partial charge on any atom is -0.384 e. The molecule has 3 aromatic heterocycles. The van der Waals surface area contributed by atoms with Crippen molar-refractivity contribution in [2.45, 2.75) is 37.7 Å². The van der Waals surface area contributed by atoms with Crippen molar-refractivity contribution < 1.29 is 9.53 Å². The summed E-state index contributed by atoms with van der Waals surface area (Å²) in [5, 5.41) is 0. The number of nitrogens with zero attached hydrogens (tertiary/aromatic N) is 3. The van der Waals surface area contributed by atoms with Gasteiger partial charge in [-0.25, -0.2) is 4.98 Å². The third kappa shape index (κ3) is 4.07. The van der Waals surface area contributed by atoms with Crippen molar-refractivity contribution in [2.24, 2.45) is 0 Å². The maximum atomic E-state index is 12.8. The van der Waals surface area contributed by atoms with Crippen LogP contribution in [0.2, 0.25) is 0 Å². The van der Waals surface area contributed by atoms with E-state index >= 15 is 0 Å². The lowest BCUT2D eigenvalue weighted by Gasteiger charge is -2.44. The lowest BCUT2D eigenvalue weighted by atomic mass is 9.82. The fourth-order valence-electron chi connectivity index (χ4n) is 4.62. The molecule has 0 aliphatic carbocycles. The van der Waals surface area contributed by atoms with Crippen molar-refractivity contribution in [2.75, 3.05) is 25.4 Å². The Labute approximate surface area is 186 Å². The topological polar surface area (TPSA) is 81.3 Å². The number of likely N-dealkylation sites (tertiary alicyclic amines) is 1. The number of anilines is 1. The molecule has 5 heterocycles. The van der Waals surface area contributed by atoms with Gasteiger partial charge >= 0.3 is 0 Å². The van der Waals surface area contributed by atoms with Crippen LogP contribution in [0.15, 0.2) is 48.8 Å². The second kappa shape index (κ2) is 8.40. The number of hydrogen-bond acceptors (Lipinski definition) is 6. The number of ether oxygens (including phenoxy) is 1. The summed E-state index contributed by atoms with van der Waals surface area (Å²) in [7, 11) is 0. The van der Waals surface area contributed by atoms with Crippen LogP contribution >= 0.6 is 11.3 Å². The summed E-state index contributed by atoms with van der Waals surface area (Å²) < 4.78 is 6.38. The van der Waals surface area contributed by atoms with Crippen molar-refractivity contribution >= 4 is 23.1 Å². The summed E-state index contributed by atoms with van der Waals surface area (Å²) in [5.41, 5.74) is 8.90. The lowest BCUT2D eigenvalue weighted by Crippen LogP contribution is -2.48. The van der Waals surface area contributed by atoms with Crippen molar-refractivity contribution in [3.63, 3.8) is 0 Å². The highest BCUT2D eigenvalue weighted by atomic mass is 32.1. The van der Waals surface area contributed by atoms with Crippen LogP contribution < -0.4 is 5.73 Å². The fourth-order valence-corrected chi connectivity index (χ4v) is 5.82. The first-order chi connectivity index (χ1) is 15.1. The normalized spacial score (nSPS) is 17.5. The highest BCUT2D eigenvalue weighted by Gasteiger charge is 2.42. The first kappa shape index (κ1) is 20.2. The van der Waals surface area contributed by atoms with Gasteiger partial charge in [-0.15, -0.1) is 11.3 Å². The Morgan fingerprint density at radius 2 is 2.10 bits per heavy atom. The number of pyridine rings is 2. The number of thiophene rings is 1. The predicted molar refractivity (Wildman–Crippen MR) is 122 cm³/mol. The van der Waals surface area contributed by atoms with Crippen LogP contribution in [-0.4, -0.2) is 40.5 Å². The minimum absolute atomic E-state index is 0.213. The second-order valence-electron chi connectivity index (χ2n) is 8.23. The Hall–Kier alpha value is -2.77. The minimum atomic E-state index is -0.289. The van der Waals surface area contributed by atoms with E-state index in [4.69, 9.17) is 10.5 Å². The number of hydrogen-bond donors (Lipinski definition) is 1. The first-order valence-corrected chi connectivity index (χ1v) is 11.6. The van der Waals surface area contributed by atoms with E-state index in [2.05, 4.69) is 16.0 Å². The molecule has 2 aliphatic rings. The Bertz CT molecular complexity index is 1070. The smallest absolute Gasteiger partial charge is 0.222 e. The lowest BCUT2D eigenvalue weighted by molar-refractivity contribution is -0.140. The number of carbonyl (C=O) groups is 1. The van der Waals surface area contributed by atoms with E-state index in [9.17, 15) is 4.79 Å². The zero-order valence-corrected chi connectivity index (χ0v) is 18.2. The standard InChI is InChI=1S/C24H26N4O2S/c25-22-5-1-4-19(27-22)21-15-18-20(31-21)8-14-30-24(18)9-12-28(13-10-24)23(29)7-6-17-3-2-11-26-16-17/h1-5,11,15-16H,6-10,12-14H2,(H2,25,27). The SMILES string of the molecule is Nc1cccc(-c2cc3c(s2)CCOC32CCN(C(=O)CCc3cccnc3)CC2)n1. The van der Waals surface area contributed by atoms with E-state index in [-0.39, 0.29) is 11.5 Å². The maximum Gasteiger partial charge on any atom is 0.222 e. The van der Waals surface area contributed by atoms with E-state index in [1.165, 1.54) is 10.4 Å². The van der Waals surface area contributed by atoms with Crippen molar-refractivity contribution in [3.8, 4) is 10.6 Å². The molecule has 5 rings (SSSR count). The molecule has 1 fully saturated rings. The zero-order chi connectivity index (χ0) is 21.3. The van der Waals surface area contributed by atoms with Crippen molar-refractivity contribution in [3.05, 3.63) is 64.8 Å². The highest BCUT2D eigenvalue weighted by Crippen LogP contribution is 2.46. The monoisotopic (exact) mass is 434 g/mol. The quantitative estimate of drug-likeness (QED) is 0.675. The van der Waals surface area contributed by atoms with Gasteiger partial charge in [-0.1, -0.05) is 12.1 Å². The molecule has 0 atom stereocenters. The van der Waals surface area contributed by atoms with E-state index < -0.39 is 0 Å². The number of nitrogen functional groups attached to an aromatic ring is 1. The number of carbonyl (C=O) groups excluding carboxylic acids is 1. The van der Waals surface area contributed by atoms with Gasteiger partial charge < -0.3 is 15.4 Å². The third-order valence-electron chi connectivity index (χ3n) is 6.30. The van der Waals surface area contributed by atoms with Crippen LogP contribution in [0.1, 0.15) is 35.3 Å². The first-order valence-electron chi connectivity index (χ1n) is 10.8. The van der Waals surface area contributed by atoms with Crippen LogP contribution in [0, 0.1) is 0 Å². The largest absolute Gasteiger partial charge is 0.384 e. The number of piperidine rings is 1. The van der Waals surface area contributed by atoms with Crippen LogP contribution in [0.4, 0.5) is 5.82 Å². The van der Waals surface area contributed by atoms with Gasteiger partial charge in [-0.2, -0.15) is 0 Å². The van der Waals surface area contributed by atoms with Gasteiger partial charge in [0, 0.05) is 43.2 Å². The van der Waals surface area contributed by atoms with Gasteiger partial charge in [-0.3, -0.25) is 9.78 Å². The molecule has 0 aromatic carbocycles. The highest BCUT2D eigenvalue weighted by molar-refractivity contribution is 7.15. The van der Waals surface area contributed by atoms with Gasteiger partial charge in [0.1, 0.15) is 5.82 Å². The number of aromatic nitrogens is 2. The maximum absolute atomic E-state index is 12.8. The Balaban J connectivity index is 1.28. The van der Waals surface area contributed by atoms with E-state index in [0.29, 0.717) is 12.2 Å². The van der Waals surface area contributed by atoms with E-state index in [1.54, 1.807) is 17.5 Å². The zero-order valence-electron chi connectivity index (χ0n) is 17.4. The molecular weight excluding hydrogens is 408 g/mol. The van der Waals surface area contributed by atoms with Crippen LogP contribution in [0.25, 0.3) is 10.6 Å². The molecule has 1 saturated heterocycles. The van der Waals surface area contributed by atoms with Gasteiger partial charge in [0.15, 0.2) is 0 Å². The van der Waals surface area contributed by atoms with Crippen LogP contribution in [0.5, 0.6) is 0 Å². The molecule has 160 valence electrons. The van der Waals surface area contributed by atoms with Crippen molar-refractivity contribution in [1.29, 1.82) is 0 Å². The molecule has 31 heavy (non-hydrogen) atoms. The number of nitrogens with two attached hydrogens (primary N) is 1. The molecule has 1 spiro atoms. The van der Waals surface area contributed by atoms with E-state index in [1.807, 2.05) is 41.4 Å². The third-order valence-corrected chi connectivity index (χ3v) is 7.52. The summed E-state index contributed by atoms with van der Waals surface area (Å²) in [6.07, 6.45) is 7.44. The Morgan fingerprint density at radius 1 is 1.23 bits per heavy atom. The fraction of sp³-hybridized carbons (Fsp3) is 0.375. The molecule has 2 N–H and O–H groups in total. The van der Waals surface area contributed by atoms with Gasteiger partial charge in [0.05, 0.1) is 22.8 Å². The molecule has 1 amide bonds. The molecule has 7 heteroatoms. The van der Waals surface area contributed by atoms with Gasteiger partial charge in [0.2, 0.25) is 5.91 Å². The summed E-state index contributed by atoms with van der Waals surface area (Å²) in [6.45, 7) is 2.19. The molecule has 0 saturated carbocycles. The summed E-state index contributed by atoms with van der Waals surface area (Å²) in [5.74, 6) is 0.748. The average Bonchev–Trinajstić information content (AvgIpc) is 3.25. The van der Waals surface area contributed by atoms with Gasteiger partial charge in [0.25, 0.3) is 0 Å². The summed E-state index contributed by atoms with van der Waals surface area (Å²) in [4.78, 5) is 25.9. The molecule has 6 nitrogen and oxygen atoms in total. The summed E-state index contributed by atoms with van der Waals surface area (Å²) >= 11 is 1.79. The van der Waals surface area contributed by atoms with Crippen molar-refractivity contribution in [1.82, 2.24) is 14.9 Å².